The maximum Gasteiger partial charge on any atom is 0.144 e. The lowest BCUT2D eigenvalue weighted by molar-refractivity contribution is 0.635. The van der Waals surface area contributed by atoms with Crippen LogP contribution in [0.3, 0.4) is 0 Å². The summed E-state index contributed by atoms with van der Waals surface area (Å²) in [4.78, 5) is 4.68. The lowest BCUT2D eigenvalue weighted by Gasteiger charge is -2.25. The molecule has 1 fully saturated rings. The average Bonchev–Trinajstić information content (AvgIpc) is 3.38. The molecule has 1 aliphatic rings. The highest BCUT2D eigenvalue weighted by molar-refractivity contribution is 6.20. The lowest BCUT2D eigenvalue weighted by atomic mass is 9.63. The van der Waals surface area contributed by atoms with Crippen LogP contribution in [0.1, 0.15) is 31.2 Å². The van der Waals surface area contributed by atoms with Gasteiger partial charge in [0.2, 0.25) is 0 Å². The van der Waals surface area contributed by atoms with Crippen molar-refractivity contribution in [2.75, 3.05) is 0 Å². The Labute approximate surface area is 171 Å². The third-order valence-electron chi connectivity index (χ3n) is 6.49. The number of pyridine rings is 1. The fraction of sp³-hybridized carbons (Fsp3) is 0.192. The SMILES string of the molecule is [B]C1(c2ccnc(-c3cccc4c3oc3ccc5ccccc5c34)c2)CCCC1. The topological polar surface area (TPSA) is 26.0 Å². The second-order valence-electron chi connectivity index (χ2n) is 8.24. The summed E-state index contributed by atoms with van der Waals surface area (Å²) in [6.45, 7) is 0. The zero-order valence-corrected chi connectivity index (χ0v) is 16.2. The van der Waals surface area contributed by atoms with E-state index in [2.05, 4.69) is 71.7 Å². The van der Waals surface area contributed by atoms with Gasteiger partial charge in [0.25, 0.3) is 0 Å². The van der Waals surface area contributed by atoms with E-state index in [9.17, 15) is 0 Å². The summed E-state index contributed by atoms with van der Waals surface area (Å²) in [7, 11) is 6.71. The first-order valence-electron chi connectivity index (χ1n) is 10.3. The van der Waals surface area contributed by atoms with Gasteiger partial charge < -0.3 is 4.42 Å². The Bertz CT molecular complexity index is 1380. The van der Waals surface area contributed by atoms with Gasteiger partial charge in [0.15, 0.2) is 0 Å². The van der Waals surface area contributed by atoms with Crippen molar-refractivity contribution in [1.29, 1.82) is 0 Å². The number of rotatable bonds is 2. The third-order valence-corrected chi connectivity index (χ3v) is 6.49. The van der Waals surface area contributed by atoms with Gasteiger partial charge in [0.1, 0.15) is 11.2 Å². The van der Waals surface area contributed by atoms with Crippen LogP contribution in [-0.4, -0.2) is 12.8 Å². The van der Waals surface area contributed by atoms with Crippen molar-refractivity contribution in [3.8, 4) is 11.3 Å². The van der Waals surface area contributed by atoms with E-state index in [4.69, 9.17) is 12.3 Å². The van der Waals surface area contributed by atoms with Gasteiger partial charge in [-0.3, -0.25) is 4.98 Å². The third kappa shape index (κ3) is 2.53. The molecule has 0 bridgehead atoms. The molecule has 5 aromatic rings. The van der Waals surface area contributed by atoms with Crippen LogP contribution in [-0.2, 0) is 5.31 Å². The summed E-state index contributed by atoms with van der Waals surface area (Å²) in [5, 5.41) is 4.51. The lowest BCUT2D eigenvalue weighted by Crippen LogP contribution is -2.21. The molecule has 3 heteroatoms. The van der Waals surface area contributed by atoms with Crippen LogP contribution in [0.4, 0.5) is 0 Å². The highest BCUT2D eigenvalue weighted by atomic mass is 16.3. The number of fused-ring (bicyclic) bond motifs is 5. The Kier molecular flexibility index (Phi) is 3.61. The predicted molar refractivity (Wildman–Crippen MR) is 120 cm³/mol. The normalized spacial score (nSPS) is 16.1. The number of hydrogen-bond acceptors (Lipinski definition) is 2. The van der Waals surface area contributed by atoms with E-state index in [1.54, 1.807) is 0 Å². The number of hydrogen-bond donors (Lipinski definition) is 0. The number of nitrogens with zero attached hydrogens (tertiary/aromatic N) is 1. The van der Waals surface area contributed by atoms with Crippen molar-refractivity contribution in [2.45, 2.75) is 31.0 Å². The molecule has 2 aromatic heterocycles. The summed E-state index contributed by atoms with van der Waals surface area (Å²) in [6, 6.07) is 23.2. The van der Waals surface area contributed by atoms with Crippen LogP contribution in [0.25, 0.3) is 44.0 Å². The molecule has 0 spiro atoms. The molecule has 29 heavy (non-hydrogen) atoms. The molecule has 0 amide bonds. The van der Waals surface area contributed by atoms with Gasteiger partial charge in [-0.2, -0.15) is 0 Å². The molecule has 1 saturated carbocycles. The Morgan fingerprint density at radius 1 is 0.862 bits per heavy atom. The largest absolute Gasteiger partial charge is 0.455 e. The molecule has 2 radical (unpaired) electrons. The average molecular weight is 373 g/mol. The summed E-state index contributed by atoms with van der Waals surface area (Å²) in [5.41, 5.74) is 4.92. The van der Waals surface area contributed by atoms with Crippen molar-refractivity contribution in [2.24, 2.45) is 0 Å². The molecule has 3 aromatic carbocycles. The molecular formula is C26H20BNO. The standard InChI is InChI=1S/C26H20BNO/c27-26(13-3-4-14-26)18-12-15-28-22(16-18)20-8-5-9-21-24-19-7-2-1-6-17(19)10-11-23(24)29-25(20)21/h1-2,5-12,15-16H,3-4,13-14H2. The van der Waals surface area contributed by atoms with Crippen LogP contribution in [0.5, 0.6) is 0 Å². The predicted octanol–water partition coefficient (Wildman–Crippen LogP) is 6.74. The van der Waals surface area contributed by atoms with Crippen LogP contribution < -0.4 is 0 Å². The first-order valence-corrected chi connectivity index (χ1v) is 10.3. The number of aromatic nitrogens is 1. The number of para-hydroxylation sites is 1. The van der Waals surface area contributed by atoms with Gasteiger partial charge in [0.05, 0.1) is 13.5 Å². The maximum atomic E-state index is 6.71. The van der Waals surface area contributed by atoms with E-state index in [1.807, 2.05) is 6.20 Å². The van der Waals surface area contributed by atoms with Crippen LogP contribution in [0.15, 0.2) is 77.3 Å². The Hall–Kier alpha value is -3.07. The fourth-order valence-corrected chi connectivity index (χ4v) is 4.95. The van der Waals surface area contributed by atoms with Gasteiger partial charge in [-0.05, 0) is 45.9 Å². The highest BCUT2D eigenvalue weighted by Gasteiger charge is 2.30. The van der Waals surface area contributed by atoms with E-state index >= 15 is 0 Å². The maximum absolute atomic E-state index is 6.71. The Morgan fingerprint density at radius 3 is 2.59 bits per heavy atom. The second-order valence-corrected chi connectivity index (χ2v) is 8.24. The van der Waals surface area contributed by atoms with Crippen LogP contribution in [0, 0.1) is 0 Å². The first kappa shape index (κ1) is 16.9. The molecule has 6 rings (SSSR count). The van der Waals surface area contributed by atoms with E-state index < -0.39 is 0 Å². The molecule has 2 nitrogen and oxygen atoms in total. The van der Waals surface area contributed by atoms with Gasteiger partial charge in [-0.1, -0.05) is 68.1 Å². The summed E-state index contributed by atoms with van der Waals surface area (Å²) in [5.74, 6) is 0. The summed E-state index contributed by atoms with van der Waals surface area (Å²) >= 11 is 0. The monoisotopic (exact) mass is 373 g/mol. The molecule has 0 saturated heterocycles. The van der Waals surface area contributed by atoms with Gasteiger partial charge in [-0.15, -0.1) is 0 Å². The van der Waals surface area contributed by atoms with Crippen molar-refractivity contribution in [3.05, 3.63) is 78.5 Å². The summed E-state index contributed by atoms with van der Waals surface area (Å²) < 4.78 is 6.37. The zero-order valence-electron chi connectivity index (χ0n) is 16.2. The van der Waals surface area contributed by atoms with Crippen LogP contribution in [0.2, 0.25) is 0 Å². The zero-order chi connectivity index (χ0) is 19.4. The minimum atomic E-state index is -0.227. The second kappa shape index (κ2) is 6.22. The molecule has 2 heterocycles. The Balaban J connectivity index is 1.60. The van der Waals surface area contributed by atoms with Crippen molar-refractivity contribution >= 4 is 40.6 Å². The summed E-state index contributed by atoms with van der Waals surface area (Å²) in [6.07, 6.45) is 6.35. The number of benzene rings is 3. The molecule has 0 N–H and O–H groups in total. The van der Waals surface area contributed by atoms with Gasteiger partial charge in [0, 0.05) is 22.5 Å². The highest BCUT2D eigenvalue weighted by Crippen LogP contribution is 2.41. The molecule has 0 aliphatic heterocycles. The van der Waals surface area contributed by atoms with E-state index in [1.165, 1.54) is 34.6 Å². The number of furan rings is 1. The van der Waals surface area contributed by atoms with Crippen LogP contribution >= 0.6 is 0 Å². The fourth-order valence-electron chi connectivity index (χ4n) is 4.95. The molecule has 138 valence electrons. The first-order chi connectivity index (χ1) is 14.2. The van der Waals surface area contributed by atoms with E-state index in [0.717, 1.165) is 40.7 Å². The quantitative estimate of drug-likeness (QED) is 0.320. The molecule has 0 atom stereocenters. The smallest absolute Gasteiger partial charge is 0.144 e. The minimum absolute atomic E-state index is 0.227. The molecule has 1 aliphatic carbocycles. The van der Waals surface area contributed by atoms with Crippen molar-refractivity contribution < 1.29 is 4.42 Å². The van der Waals surface area contributed by atoms with Crippen molar-refractivity contribution in [1.82, 2.24) is 4.98 Å². The van der Waals surface area contributed by atoms with E-state index in [-0.39, 0.29) is 5.31 Å². The van der Waals surface area contributed by atoms with Gasteiger partial charge in [-0.25, -0.2) is 0 Å². The Morgan fingerprint density at radius 2 is 1.69 bits per heavy atom. The molecular weight excluding hydrogens is 353 g/mol. The van der Waals surface area contributed by atoms with Gasteiger partial charge >= 0.3 is 0 Å². The van der Waals surface area contributed by atoms with Crippen molar-refractivity contribution in [3.63, 3.8) is 0 Å². The minimum Gasteiger partial charge on any atom is -0.455 e. The molecule has 0 unspecified atom stereocenters. The van der Waals surface area contributed by atoms with E-state index in [0.29, 0.717) is 0 Å².